The number of hydrogen-bond donors (Lipinski definition) is 3. The molecular weight excluding hydrogens is 230 g/mol. The monoisotopic (exact) mass is 249 g/mol. The number of carbonyl (C=O) groups is 1. The summed E-state index contributed by atoms with van der Waals surface area (Å²) < 4.78 is 0. The highest BCUT2D eigenvalue weighted by Crippen LogP contribution is 2.10. The maximum absolute atomic E-state index is 11.9. The number of carbonyl (C=O) groups excluding carboxylic acids is 1. The lowest BCUT2D eigenvalue weighted by atomic mass is 10.1. The van der Waals surface area contributed by atoms with Crippen molar-refractivity contribution in [1.29, 1.82) is 0 Å². The van der Waals surface area contributed by atoms with Gasteiger partial charge in [-0.3, -0.25) is 4.79 Å². The van der Waals surface area contributed by atoms with Gasteiger partial charge in [0.1, 0.15) is 5.84 Å². The molecule has 4 N–H and O–H groups in total. The van der Waals surface area contributed by atoms with Crippen molar-refractivity contribution in [3.63, 3.8) is 0 Å². The fourth-order valence-electron chi connectivity index (χ4n) is 1.69. The zero-order chi connectivity index (χ0) is 13.5. The number of aryl methyl sites for hydroxylation is 2. The first kappa shape index (κ1) is 14.0. The Morgan fingerprint density at radius 1 is 1.44 bits per heavy atom. The first-order chi connectivity index (χ1) is 8.54. The van der Waals surface area contributed by atoms with Crippen molar-refractivity contribution in [2.75, 3.05) is 6.54 Å². The van der Waals surface area contributed by atoms with E-state index in [1.54, 1.807) is 0 Å². The second-order valence-corrected chi connectivity index (χ2v) is 4.27. The van der Waals surface area contributed by atoms with E-state index in [1.165, 1.54) is 0 Å². The average Bonchev–Trinajstić information content (AvgIpc) is 2.34. The summed E-state index contributed by atoms with van der Waals surface area (Å²) in [5.74, 6) is 0.0859. The van der Waals surface area contributed by atoms with Crippen molar-refractivity contribution in [1.82, 2.24) is 5.32 Å². The van der Waals surface area contributed by atoms with Crippen LogP contribution in [0.25, 0.3) is 0 Å². The number of oxime groups is 1. The molecule has 18 heavy (non-hydrogen) atoms. The third kappa shape index (κ3) is 4.08. The summed E-state index contributed by atoms with van der Waals surface area (Å²) in [4.78, 5) is 11.9. The van der Waals surface area contributed by atoms with Crippen LogP contribution < -0.4 is 11.1 Å². The van der Waals surface area contributed by atoms with Crippen LogP contribution in [0.1, 0.15) is 34.3 Å². The van der Waals surface area contributed by atoms with Crippen molar-refractivity contribution < 1.29 is 10.0 Å². The Morgan fingerprint density at radius 3 is 2.78 bits per heavy atom. The van der Waals surface area contributed by atoms with Gasteiger partial charge >= 0.3 is 0 Å². The number of benzene rings is 1. The predicted octanol–water partition coefficient (Wildman–Crippen LogP) is 1.56. The van der Waals surface area contributed by atoms with Crippen LogP contribution in [-0.4, -0.2) is 23.5 Å². The normalized spacial score (nSPS) is 11.3. The number of nitrogens with zero attached hydrogens (tertiary/aromatic N) is 1. The molecule has 0 aliphatic rings. The minimum atomic E-state index is -0.0907. The van der Waals surface area contributed by atoms with E-state index in [0.29, 0.717) is 24.9 Å². The summed E-state index contributed by atoms with van der Waals surface area (Å²) in [6.07, 6.45) is 1.11. The second-order valence-electron chi connectivity index (χ2n) is 4.27. The van der Waals surface area contributed by atoms with E-state index < -0.39 is 0 Å². The first-order valence-corrected chi connectivity index (χ1v) is 5.86. The fourth-order valence-corrected chi connectivity index (χ4v) is 1.69. The number of amides is 1. The molecular formula is C13H19N3O2. The lowest BCUT2D eigenvalue weighted by molar-refractivity contribution is 0.0953. The molecule has 0 unspecified atom stereocenters. The van der Waals surface area contributed by atoms with Crippen LogP contribution in [0, 0.1) is 13.8 Å². The van der Waals surface area contributed by atoms with E-state index in [-0.39, 0.29) is 11.7 Å². The van der Waals surface area contributed by atoms with E-state index in [2.05, 4.69) is 10.5 Å². The molecule has 0 fully saturated rings. The molecule has 0 aliphatic heterocycles. The number of hydrogen-bond acceptors (Lipinski definition) is 3. The smallest absolute Gasteiger partial charge is 0.251 e. The highest BCUT2D eigenvalue weighted by Gasteiger charge is 2.07. The minimum absolute atomic E-state index is 0.0907. The number of nitrogens with one attached hydrogen (secondary N) is 1. The topological polar surface area (TPSA) is 87.7 Å². The molecule has 0 aliphatic carbocycles. The zero-order valence-electron chi connectivity index (χ0n) is 10.7. The van der Waals surface area contributed by atoms with Gasteiger partial charge in [-0.2, -0.15) is 0 Å². The van der Waals surface area contributed by atoms with Gasteiger partial charge in [0, 0.05) is 18.5 Å². The van der Waals surface area contributed by atoms with Crippen LogP contribution in [0.2, 0.25) is 0 Å². The Bertz CT molecular complexity index is 456. The Morgan fingerprint density at radius 2 is 2.17 bits per heavy atom. The molecule has 5 nitrogen and oxygen atoms in total. The maximum Gasteiger partial charge on any atom is 0.251 e. The summed E-state index contributed by atoms with van der Waals surface area (Å²) in [5, 5.41) is 14.0. The molecule has 0 heterocycles. The van der Waals surface area contributed by atoms with Crippen molar-refractivity contribution in [3.8, 4) is 0 Å². The van der Waals surface area contributed by atoms with Crippen LogP contribution >= 0.6 is 0 Å². The van der Waals surface area contributed by atoms with E-state index in [4.69, 9.17) is 10.9 Å². The Hall–Kier alpha value is -2.04. The fraction of sp³-hybridized carbons (Fsp3) is 0.385. The van der Waals surface area contributed by atoms with Crippen LogP contribution in [0.5, 0.6) is 0 Å². The summed E-state index contributed by atoms with van der Waals surface area (Å²) >= 11 is 0. The van der Waals surface area contributed by atoms with E-state index >= 15 is 0 Å². The quantitative estimate of drug-likeness (QED) is 0.243. The van der Waals surface area contributed by atoms with Crippen LogP contribution in [0.4, 0.5) is 0 Å². The van der Waals surface area contributed by atoms with Crippen LogP contribution in [-0.2, 0) is 0 Å². The molecule has 0 spiro atoms. The molecule has 0 aromatic heterocycles. The lowest BCUT2D eigenvalue weighted by Crippen LogP contribution is -2.26. The second kappa shape index (κ2) is 6.64. The van der Waals surface area contributed by atoms with Gasteiger partial charge in [0.25, 0.3) is 5.91 Å². The molecule has 0 atom stereocenters. The standard InChI is InChI=1S/C13H19N3O2/c1-9-5-6-11(10(2)8-9)13(17)15-7-3-4-12(14)16-18/h5-6,8,18H,3-4,7H2,1-2H3,(H2,14,16)(H,15,17). The van der Waals surface area contributed by atoms with Gasteiger partial charge in [-0.25, -0.2) is 0 Å². The molecule has 0 bridgehead atoms. The number of rotatable bonds is 5. The Kier molecular flexibility index (Phi) is 5.17. The van der Waals surface area contributed by atoms with Crippen molar-refractivity contribution in [2.45, 2.75) is 26.7 Å². The first-order valence-electron chi connectivity index (χ1n) is 5.86. The number of amidine groups is 1. The van der Waals surface area contributed by atoms with Gasteiger partial charge in [0.15, 0.2) is 0 Å². The van der Waals surface area contributed by atoms with Gasteiger partial charge in [0.2, 0.25) is 0 Å². The average molecular weight is 249 g/mol. The van der Waals surface area contributed by atoms with Crippen molar-refractivity contribution in [3.05, 3.63) is 34.9 Å². The zero-order valence-corrected chi connectivity index (χ0v) is 10.7. The van der Waals surface area contributed by atoms with Gasteiger partial charge in [-0.15, -0.1) is 0 Å². The SMILES string of the molecule is Cc1ccc(C(=O)NCCCC(N)=NO)c(C)c1. The summed E-state index contributed by atoms with van der Waals surface area (Å²) in [6, 6.07) is 5.72. The molecule has 0 saturated carbocycles. The van der Waals surface area contributed by atoms with Crippen molar-refractivity contribution >= 4 is 11.7 Å². The summed E-state index contributed by atoms with van der Waals surface area (Å²) in [7, 11) is 0. The summed E-state index contributed by atoms with van der Waals surface area (Å²) in [6.45, 7) is 4.41. The van der Waals surface area contributed by atoms with Gasteiger partial charge in [-0.1, -0.05) is 22.9 Å². The molecule has 1 aromatic rings. The Labute approximate surface area is 107 Å². The molecule has 0 saturated heterocycles. The van der Waals surface area contributed by atoms with Crippen LogP contribution in [0.15, 0.2) is 23.4 Å². The lowest BCUT2D eigenvalue weighted by Gasteiger charge is -2.08. The van der Waals surface area contributed by atoms with Crippen LogP contribution in [0.3, 0.4) is 0 Å². The third-order valence-electron chi connectivity index (χ3n) is 2.65. The molecule has 1 aromatic carbocycles. The summed E-state index contributed by atoms with van der Waals surface area (Å²) in [5.41, 5.74) is 8.11. The minimum Gasteiger partial charge on any atom is -0.409 e. The molecule has 1 amide bonds. The van der Waals surface area contributed by atoms with E-state index in [9.17, 15) is 4.79 Å². The third-order valence-corrected chi connectivity index (χ3v) is 2.65. The van der Waals surface area contributed by atoms with E-state index in [1.807, 2.05) is 32.0 Å². The van der Waals surface area contributed by atoms with Gasteiger partial charge < -0.3 is 16.3 Å². The maximum atomic E-state index is 11.9. The number of nitrogens with two attached hydrogens (primary N) is 1. The molecule has 1 rings (SSSR count). The van der Waals surface area contributed by atoms with E-state index in [0.717, 1.165) is 11.1 Å². The van der Waals surface area contributed by atoms with Gasteiger partial charge in [-0.05, 0) is 31.9 Å². The predicted molar refractivity (Wildman–Crippen MR) is 70.9 cm³/mol. The molecule has 0 radical (unpaired) electrons. The highest BCUT2D eigenvalue weighted by atomic mass is 16.4. The van der Waals surface area contributed by atoms with Crippen molar-refractivity contribution in [2.24, 2.45) is 10.9 Å². The molecule has 5 heteroatoms. The highest BCUT2D eigenvalue weighted by molar-refractivity contribution is 5.95. The van der Waals surface area contributed by atoms with Gasteiger partial charge in [0.05, 0.1) is 0 Å². The molecule has 98 valence electrons. The Balaban J connectivity index is 2.46. The largest absolute Gasteiger partial charge is 0.409 e.